The normalized spacial score (nSPS) is 11.8. The zero-order valence-corrected chi connectivity index (χ0v) is 15.7. The van der Waals surface area contributed by atoms with Gasteiger partial charge in [0.1, 0.15) is 12.0 Å². The highest BCUT2D eigenvalue weighted by Gasteiger charge is 2.10. The van der Waals surface area contributed by atoms with Crippen molar-refractivity contribution >= 4 is 57.5 Å². The monoisotopic (exact) mass is 408 g/mol. The molecule has 25 heavy (non-hydrogen) atoms. The van der Waals surface area contributed by atoms with Crippen molar-refractivity contribution in [1.82, 2.24) is 24.3 Å². The van der Waals surface area contributed by atoms with Crippen LogP contribution in [0.1, 0.15) is 11.3 Å². The number of nitrogens with zero attached hydrogens (tertiary/aromatic N) is 6. The van der Waals surface area contributed by atoms with E-state index in [0.29, 0.717) is 10.3 Å². The SMILES string of the molecule is Clc1ccc(CSc2nncn2/N=C/c2c(Cl)nc3sccn23)cc1. The minimum Gasteiger partial charge on any atom is -0.288 e. The van der Waals surface area contributed by atoms with Gasteiger partial charge in [0.05, 0.1) is 6.21 Å². The lowest BCUT2D eigenvalue weighted by Gasteiger charge is -2.01. The van der Waals surface area contributed by atoms with Crippen LogP contribution in [0.15, 0.2) is 52.4 Å². The van der Waals surface area contributed by atoms with Gasteiger partial charge in [0.15, 0.2) is 10.1 Å². The second-order valence-corrected chi connectivity index (χ2v) is 7.57. The lowest BCUT2D eigenvalue weighted by atomic mass is 10.2. The van der Waals surface area contributed by atoms with E-state index in [9.17, 15) is 0 Å². The van der Waals surface area contributed by atoms with Gasteiger partial charge < -0.3 is 0 Å². The van der Waals surface area contributed by atoms with Crippen LogP contribution in [-0.2, 0) is 5.75 Å². The maximum Gasteiger partial charge on any atom is 0.212 e. The molecule has 3 heterocycles. The van der Waals surface area contributed by atoms with E-state index < -0.39 is 0 Å². The largest absolute Gasteiger partial charge is 0.288 e. The molecule has 4 rings (SSSR count). The van der Waals surface area contributed by atoms with Crippen LogP contribution < -0.4 is 0 Å². The molecule has 0 N–H and O–H groups in total. The van der Waals surface area contributed by atoms with Gasteiger partial charge in [-0.1, -0.05) is 47.1 Å². The molecule has 1 aromatic carbocycles. The van der Waals surface area contributed by atoms with Crippen LogP contribution in [0.2, 0.25) is 10.2 Å². The number of fused-ring (bicyclic) bond motifs is 1. The smallest absolute Gasteiger partial charge is 0.212 e. The molecule has 0 saturated heterocycles. The summed E-state index contributed by atoms with van der Waals surface area (Å²) in [6, 6.07) is 7.71. The summed E-state index contributed by atoms with van der Waals surface area (Å²) in [6.07, 6.45) is 5.12. The number of aromatic nitrogens is 5. The van der Waals surface area contributed by atoms with Crippen LogP contribution >= 0.6 is 46.3 Å². The fourth-order valence-corrected chi connectivity index (χ4v) is 4.07. The van der Waals surface area contributed by atoms with Crippen LogP contribution in [0, 0.1) is 0 Å². The summed E-state index contributed by atoms with van der Waals surface area (Å²) in [5.74, 6) is 0.744. The van der Waals surface area contributed by atoms with Crippen molar-refractivity contribution in [3.63, 3.8) is 0 Å². The van der Waals surface area contributed by atoms with E-state index in [1.165, 1.54) is 23.1 Å². The number of halogens is 2. The summed E-state index contributed by atoms with van der Waals surface area (Å²) < 4.78 is 3.50. The first-order valence-electron chi connectivity index (χ1n) is 7.13. The molecule has 10 heteroatoms. The van der Waals surface area contributed by atoms with Gasteiger partial charge in [-0.3, -0.25) is 4.40 Å². The molecule has 0 fully saturated rings. The van der Waals surface area contributed by atoms with Crippen LogP contribution in [0.5, 0.6) is 0 Å². The number of hydrogen-bond acceptors (Lipinski definition) is 6. The van der Waals surface area contributed by atoms with Crippen molar-refractivity contribution in [2.75, 3.05) is 0 Å². The average molecular weight is 409 g/mol. The Labute approximate surface area is 161 Å². The second-order valence-electron chi connectivity index (χ2n) is 4.96. The van der Waals surface area contributed by atoms with E-state index in [4.69, 9.17) is 23.2 Å². The zero-order chi connectivity index (χ0) is 17.2. The highest BCUT2D eigenvalue weighted by molar-refractivity contribution is 7.98. The van der Waals surface area contributed by atoms with E-state index in [-0.39, 0.29) is 0 Å². The van der Waals surface area contributed by atoms with Crippen molar-refractivity contribution in [2.24, 2.45) is 5.10 Å². The highest BCUT2D eigenvalue weighted by atomic mass is 35.5. The van der Waals surface area contributed by atoms with E-state index in [1.807, 2.05) is 40.2 Å². The van der Waals surface area contributed by atoms with Crippen LogP contribution in [0.4, 0.5) is 0 Å². The molecular weight excluding hydrogens is 399 g/mol. The highest BCUT2D eigenvalue weighted by Crippen LogP contribution is 2.22. The quantitative estimate of drug-likeness (QED) is 0.361. The fourth-order valence-electron chi connectivity index (χ4n) is 2.13. The average Bonchev–Trinajstić information content (AvgIpc) is 3.29. The number of imidazole rings is 1. The molecule has 3 aromatic heterocycles. The third-order valence-corrected chi connectivity index (χ3v) is 5.63. The number of rotatable bonds is 5. The lowest BCUT2D eigenvalue weighted by Crippen LogP contribution is -1.95. The molecule has 0 atom stereocenters. The lowest BCUT2D eigenvalue weighted by molar-refractivity contribution is 0.766. The van der Waals surface area contributed by atoms with E-state index >= 15 is 0 Å². The van der Waals surface area contributed by atoms with Gasteiger partial charge >= 0.3 is 0 Å². The summed E-state index contributed by atoms with van der Waals surface area (Å²) >= 11 is 15.1. The summed E-state index contributed by atoms with van der Waals surface area (Å²) in [6.45, 7) is 0. The van der Waals surface area contributed by atoms with E-state index in [0.717, 1.165) is 27.0 Å². The Bertz CT molecular complexity index is 1030. The minimum atomic E-state index is 0.416. The van der Waals surface area contributed by atoms with Crippen molar-refractivity contribution in [3.8, 4) is 0 Å². The number of hydrogen-bond donors (Lipinski definition) is 0. The Hall–Kier alpha value is -1.87. The predicted octanol–water partition coefficient (Wildman–Crippen LogP) is 4.47. The fraction of sp³-hybridized carbons (Fsp3) is 0.0667. The molecule has 4 aromatic rings. The molecule has 0 saturated carbocycles. The Balaban J connectivity index is 1.52. The van der Waals surface area contributed by atoms with Crippen molar-refractivity contribution in [1.29, 1.82) is 0 Å². The zero-order valence-electron chi connectivity index (χ0n) is 12.6. The third kappa shape index (κ3) is 3.57. The molecule has 0 spiro atoms. The van der Waals surface area contributed by atoms with Crippen molar-refractivity contribution < 1.29 is 0 Å². The second kappa shape index (κ2) is 7.17. The van der Waals surface area contributed by atoms with Crippen LogP contribution in [-0.4, -0.2) is 30.5 Å². The van der Waals surface area contributed by atoms with Gasteiger partial charge in [0.2, 0.25) is 5.16 Å². The van der Waals surface area contributed by atoms with Gasteiger partial charge in [-0.05, 0) is 17.7 Å². The topological polar surface area (TPSA) is 60.4 Å². The molecule has 0 aliphatic carbocycles. The van der Waals surface area contributed by atoms with Crippen LogP contribution in [0.3, 0.4) is 0 Å². The molecule has 6 nitrogen and oxygen atoms in total. The first kappa shape index (κ1) is 16.6. The van der Waals surface area contributed by atoms with Gasteiger partial charge in [-0.2, -0.15) is 9.78 Å². The Morgan fingerprint density at radius 1 is 1.24 bits per heavy atom. The Morgan fingerprint density at radius 2 is 2.08 bits per heavy atom. The molecular formula is C15H10Cl2N6S2. The van der Waals surface area contributed by atoms with E-state index in [1.54, 1.807) is 17.2 Å². The van der Waals surface area contributed by atoms with E-state index in [2.05, 4.69) is 20.3 Å². The van der Waals surface area contributed by atoms with Gasteiger partial charge in [-0.25, -0.2) is 4.98 Å². The minimum absolute atomic E-state index is 0.416. The summed E-state index contributed by atoms with van der Waals surface area (Å²) in [5.41, 5.74) is 1.87. The van der Waals surface area contributed by atoms with Crippen molar-refractivity contribution in [2.45, 2.75) is 10.9 Å². The first-order valence-corrected chi connectivity index (χ1v) is 9.75. The maximum atomic E-state index is 6.17. The standard InChI is InChI=1S/C15H10Cl2N6S2/c16-11-3-1-10(2-4-11)8-25-15-21-18-9-23(15)19-7-12-13(17)20-14-22(12)5-6-24-14/h1-7,9H,8H2/b19-7+. The molecule has 0 unspecified atom stereocenters. The summed E-state index contributed by atoms with van der Waals surface area (Å²) in [5, 5.41) is 16.2. The van der Waals surface area contributed by atoms with Gasteiger partial charge in [0.25, 0.3) is 0 Å². The molecule has 0 aliphatic rings. The van der Waals surface area contributed by atoms with Gasteiger partial charge in [-0.15, -0.1) is 21.5 Å². The molecule has 0 bridgehead atoms. The Kier molecular flexibility index (Phi) is 4.76. The molecule has 0 amide bonds. The number of benzene rings is 1. The maximum absolute atomic E-state index is 6.17. The number of thiazole rings is 1. The summed E-state index contributed by atoms with van der Waals surface area (Å²) in [7, 11) is 0. The Morgan fingerprint density at radius 3 is 2.92 bits per heavy atom. The predicted molar refractivity (Wildman–Crippen MR) is 102 cm³/mol. The van der Waals surface area contributed by atoms with Crippen molar-refractivity contribution in [3.05, 3.63) is 63.6 Å². The summed E-state index contributed by atoms with van der Waals surface area (Å²) in [4.78, 5) is 5.10. The van der Waals surface area contributed by atoms with Gasteiger partial charge in [0, 0.05) is 22.4 Å². The third-order valence-electron chi connectivity index (χ3n) is 3.34. The number of thioether (sulfide) groups is 1. The molecule has 0 aliphatic heterocycles. The van der Waals surface area contributed by atoms with Crippen LogP contribution in [0.25, 0.3) is 4.96 Å². The molecule has 0 radical (unpaired) electrons. The molecule has 126 valence electrons. The first-order chi connectivity index (χ1) is 12.2.